The summed E-state index contributed by atoms with van der Waals surface area (Å²) in [6.07, 6.45) is 4.95. The third-order valence-electron chi connectivity index (χ3n) is 2.49. The van der Waals surface area contributed by atoms with Gasteiger partial charge in [0.15, 0.2) is 5.82 Å². The molecule has 0 saturated carbocycles. The van der Waals surface area contributed by atoms with Crippen molar-refractivity contribution in [2.75, 3.05) is 5.32 Å². The fourth-order valence-electron chi connectivity index (χ4n) is 1.69. The van der Waals surface area contributed by atoms with E-state index >= 15 is 0 Å². The first-order valence-electron chi connectivity index (χ1n) is 5.98. The molecule has 0 bridgehead atoms. The fourth-order valence-corrected chi connectivity index (χ4v) is 1.69. The van der Waals surface area contributed by atoms with Gasteiger partial charge in [-0.3, -0.25) is 4.79 Å². The number of anilines is 1. The zero-order valence-corrected chi connectivity index (χ0v) is 10.6. The van der Waals surface area contributed by atoms with Gasteiger partial charge in [0.1, 0.15) is 5.76 Å². The van der Waals surface area contributed by atoms with Crippen LogP contribution in [-0.4, -0.2) is 9.55 Å². The van der Waals surface area contributed by atoms with Crippen molar-refractivity contribution in [2.45, 2.75) is 26.9 Å². The SMILES string of the molecule is CC(C)Cn1ccnc(NCc2ccco2)c1=O. The van der Waals surface area contributed by atoms with E-state index < -0.39 is 0 Å². The smallest absolute Gasteiger partial charge is 0.293 e. The van der Waals surface area contributed by atoms with Crippen molar-refractivity contribution in [1.29, 1.82) is 0 Å². The second-order valence-electron chi connectivity index (χ2n) is 4.56. The molecule has 18 heavy (non-hydrogen) atoms. The van der Waals surface area contributed by atoms with Crippen LogP contribution >= 0.6 is 0 Å². The van der Waals surface area contributed by atoms with Gasteiger partial charge in [-0.1, -0.05) is 13.8 Å². The van der Waals surface area contributed by atoms with Gasteiger partial charge in [-0.15, -0.1) is 0 Å². The molecule has 0 fully saturated rings. The molecule has 0 saturated heterocycles. The summed E-state index contributed by atoms with van der Waals surface area (Å²) in [7, 11) is 0. The Morgan fingerprint density at radius 2 is 2.33 bits per heavy atom. The van der Waals surface area contributed by atoms with Gasteiger partial charge in [0, 0.05) is 18.9 Å². The molecule has 2 aromatic rings. The highest BCUT2D eigenvalue weighted by Gasteiger charge is 2.06. The van der Waals surface area contributed by atoms with Crippen molar-refractivity contribution >= 4 is 5.82 Å². The summed E-state index contributed by atoms with van der Waals surface area (Å²) in [4.78, 5) is 16.1. The molecule has 5 heteroatoms. The topological polar surface area (TPSA) is 60.1 Å². The molecular weight excluding hydrogens is 230 g/mol. The first-order valence-corrected chi connectivity index (χ1v) is 5.98. The van der Waals surface area contributed by atoms with Crippen LogP contribution in [0, 0.1) is 5.92 Å². The Balaban J connectivity index is 2.11. The molecule has 2 aromatic heterocycles. The van der Waals surface area contributed by atoms with Gasteiger partial charge in [0.2, 0.25) is 0 Å². The minimum atomic E-state index is -0.0993. The molecule has 5 nitrogen and oxygen atoms in total. The molecule has 0 aliphatic heterocycles. The van der Waals surface area contributed by atoms with Gasteiger partial charge < -0.3 is 14.3 Å². The molecule has 0 aliphatic rings. The Morgan fingerprint density at radius 3 is 3.00 bits per heavy atom. The fraction of sp³-hybridized carbons (Fsp3) is 0.385. The van der Waals surface area contributed by atoms with Gasteiger partial charge in [0.05, 0.1) is 12.8 Å². The predicted octanol–water partition coefficient (Wildman–Crippen LogP) is 2.10. The van der Waals surface area contributed by atoms with Crippen LogP contribution in [0.3, 0.4) is 0 Å². The van der Waals surface area contributed by atoms with E-state index in [-0.39, 0.29) is 5.56 Å². The lowest BCUT2D eigenvalue weighted by Crippen LogP contribution is -2.25. The van der Waals surface area contributed by atoms with E-state index in [2.05, 4.69) is 24.1 Å². The zero-order chi connectivity index (χ0) is 13.0. The molecule has 1 N–H and O–H groups in total. The van der Waals surface area contributed by atoms with Crippen molar-refractivity contribution in [1.82, 2.24) is 9.55 Å². The lowest BCUT2D eigenvalue weighted by atomic mass is 10.2. The third-order valence-corrected chi connectivity index (χ3v) is 2.49. The maximum absolute atomic E-state index is 12.1. The van der Waals surface area contributed by atoms with E-state index in [1.54, 1.807) is 23.2 Å². The van der Waals surface area contributed by atoms with E-state index in [1.807, 2.05) is 12.1 Å². The normalized spacial score (nSPS) is 10.8. The van der Waals surface area contributed by atoms with Crippen LogP contribution in [0.4, 0.5) is 5.82 Å². The summed E-state index contributed by atoms with van der Waals surface area (Å²) in [6, 6.07) is 3.66. The maximum atomic E-state index is 12.1. The van der Waals surface area contributed by atoms with Crippen LogP contribution in [-0.2, 0) is 13.1 Å². The summed E-state index contributed by atoms with van der Waals surface area (Å²) in [5.41, 5.74) is -0.0993. The average molecular weight is 247 g/mol. The highest BCUT2D eigenvalue weighted by atomic mass is 16.3. The number of nitrogens with zero attached hydrogens (tertiary/aromatic N) is 2. The van der Waals surface area contributed by atoms with Gasteiger partial charge in [-0.25, -0.2) is 4.98 Å². The second kappa shape index (κ2) is 5.53. The maximum Gasteiger partial charge on any atom is 0.293 e. The molecule has 0 aliphatic carbocycles. The number of hydrogen-bond acceptors (Lipinski definition) is 4. The number of nitrogens with one attached hydrogen (secondary N) is 1. The molecule has 0 radical (unpaired) electrons. The molecular formula is C13H17N3O2. The molecule has 2 rings (SSSR count). The van der Waals surface area contributed by atoms with Crippen molar-refractivity contribution in [3.63, 3.8) is 0 Å². The van der Waals surface area contributed by atoms with E-state index in [0.29, 0.717) is 24.8 Å². The quantitative estimate of drug-likeness (QED) is 0.879. The minimum Gasteiger partial charge on any atom is -0.467 e. The van der Waals surface area contributed by atoms with Gasteiger partial charge in [-0.05, 0) is 18.1 Å². The van der Waals surface area contributed by atoms with Crippen LogP contribution in [0.2, 0.25) is 0 Å². The number of aromatic nitrogens is 2. The van der Waals surface area contributed by atoms with E-state index in [1.165, 1.54) is 0 Å². The summed E-state index contributed by atoms with van der Waals surface area (Å²) in [5, 5.41) is 2.99. The van der Waals surface area contributed by atoms with Crippen LogP contribution < -0.4 is 10.9 Å². The summed E-state index contributed by atoms with van der Waals surface area (Å²) < 4.78 is 6.86. The van der Waals surface area contributed by atoms with E-state index in [0.717, 1.165) is 5.76 Å². The van der Waals surface area contributed by atoms with E-state index in [9.17, 15) is 4.79 Å². The highest BCUT2D eigenvalue weighted by molar-refractivity contribution is 5.31. The molecule has 96 valence electrons. The largest absolute Gasteiger partial charge is 0.467 e. The van der Waals surface area contributed by atoms with Crippen LogP contribution in [0.1, 0.15) is 19.6 Å². The van der Waals surface area contributed by atoms with Crippen molar-refractivity contribution in [3.8, 4) is 0 Å². The first kappa shape index (κ1) is 12.4. The Hall–Kier alpha value is -2.04. The standard InChI is InChI=1S/C13H17N3O2/c1-10(2)9-16-6-5-14-12(13(16)17)15-8-11-4-3-7-18-11/h3-7,10H,8-9H2,1-2H3,(H,14,15). The van der Waals surface area contributed by atoms with Gasteiger partial charge >= 0.3 is 0 Å². The Kier molecular flexibility index (Phi) is 3.82. The molecule has 0 spiro atoms. The molecule has 0 aromatic carbocycles. The predicted molar refractivity (Wildman–Crippen MR) is 69.4 cm³/mol. The molecule has 0 unspecified atom stereocenters. The number of furan rings is 1. The summed E-state index contributed by atoms with van der Waals surface area (Å²) in [5.74, 6) is 1.55. The minimum absolute atomic E-state index is 0.0993. The Morgan fingerprint density at radius 1 is 1.50 bits per heavy atom. The highest BCUT2D eigenvalue weighted by Crippen LogP contribution is 2.03. The van der Waals surface area contributed by atoms with Crippen molar-refractivity contribution in [2.24, 2.45) is 5.92 Å². The zero-order valence-electron chi connectivity index (χ0n) is 10.6. The Bertz CT molecular complexity index is 544. The van der Waals surface area contributed by atoms with Crippen LogP contribution in [0.25, 0.3) is 0 Å². The number of hydrogen-bond donors (Lipinski definition) is 1. The molecule has 0 atom stereocenters. The van der Waals surface area contributed by atoms with E-state index in [4.69, 9.17) is 4.42 Å². The monoisotopic (exact) mass is 247 g/mol. The summed E-state index contributed by atoms with van der Waals surface area (Å²) >= 11 is 0. The lowest BCUT2D eigenvalue weighted by Gasteiger charge is -2.10. The van der Waals surface area contributed by atoms with Crippen LogP contribution in [0.15, 0.2) is 40.0 Å². The van der Waals surface area contributed by atoms with Crippen molar-refractivity contribution in [3.05, 3.63) is 46.9 Å². The molecule has 2 heterocycles. The third kappa shape index (κ3) is 3.00. The molecule has 0 amide bonds. The second-order valence-corrected chi connectivity index (χ2v) is 4.56. The summed E-state index contributed by atoms with van der Waals surface area (Å²) in [6.45, 7) is 5.29. The Labute approximate surface area is 105 Å². The van der Waals surface area contributed by atoms with Gasteiger partial charge in [-0.2, -0.15) is 0 Å². The first-order chi connectivity index (χ1) is 8.66. The van der Waals surface area contributed by atoms with Gasteiger partial charge in [0.25, 0.3) is 5.56 Å². The van der Waals surface area contributed by atoms with Crippen LogP contribution in [0.5, 0.6) is 0 Å². The number of rotatable bonds is 5. The lowest BCUT2D eigenvalue weighted by molar-refractivity contribution is 0.507. The van der Waals surface area contributed by atoms with Crippen molar-refractivity contribution < 1.29 is 4.42 Å². The average Bonchev–Trinajstić information content (AvgIpc) is 2.83.